The number of imidazole rings is 1. The second-order valence-electron chi connectivity index (χ2n) is 19.4. The summed E-state index contributed by atoms with van der Waals surface area (Å²) < 4.78 is 39.3. The molecule has 398 valence electrons. The molecule has 0 aliphatic heterocycles. The van der Waals surface area contributed by atoms with Crippen molar-refractivity contribution in [2.24, 2.45) is 0 Å². The highest BCUT2D eigenvalue weighted by molar-refractivity contribution is 6.52. The van der Waals surface area contributed by atoms with E-state index in [1.807, 2.05) is 84.9 Å². The zero-order chi connectivity index (χ0) is 56.6. The highest BCUT2D eigenvalue weighted by atomic mass is 19.1. The summed E-state index contributed by atoms with van der Waals surface area (Å²) >= 11 is 0. The van der Waals surface area contributed by atoms with E-state index >= 15 is 0 Å². The molecule has 0 atom stereocenters. The lowest BCUT2D eigenvalue weighted by Gasteiger charge is -2.14. The second kappa shape index (κ2) is 21.6. The minimum atomic E-state index is -0.511. The van der Waals surface area contributed by atoms with Gasteiger partial charge in [0.25, 0.3) is 0 Å². The molecule has 8 heterocycles. The van der Waals surface area contributed by atoms with Crippen molar-refractivity contribution in [3.8, 4) is 56.5 Å². The summed E-state index contributed by atoms with van der Waals surface area (Å²) in [6, 6.07) is 59.3. The second-order valence-corrected chi connectivity index (χ2v) is 19.4. The Morgan fingerprint density at radius 2 is 0.867 bits per heavy atom. The molecule has 4 N–H and O–H groups in total. The first-order valence-electron chi connectivity index (χ1n) is 26.2. The summed E-state index contributed by atoms with van der Waals surface area (Å²) in [7, 11) is 0. The molecule has 0 unspecified atom stereocenters. The van der Waals surface area contributed by atoms with Crippen molar-refractivity contribution < 1.29 is 27.6 Å². The Bertz CT molecular complexity index is 4810. The number of aromatic nitrogens is 9. The molecule has 83 heavy (non-hydrogen) atoms. The number of aromatic amines is 4. The van der Waals surface area contributed by atoms with Gasteiger partial charge in [-0.3, -0.25) is 34.3 Å². The number of nitrogens with zero attached hydrogens (tertiary/aromatic N) is 5. The number of pyridine rings is 4. The molecule has 0 radical (unpaired) electrons. The summed E-state index contributed by atoms with van der Waals surface area (Å²) in [5.74, 6) is -1.05. The summed E-state index contributed by atoms with van der Waals surface area (Å²) in [5.41, 5.74) is 15.0. The first-order chi connectivity index (χ1) is 40.7. The SMILES string of the molecule is Fc1ccc(-c2[nH]c3ccccc3c2-c2nc3c4cccnc4c4ncccc4c3[nH]2)cc1.Fc1ccc(-c2cc3ccccc3[nH]2)cc1.O=C1C(=O)c2cccnc2-c2ncccc21.O=Cc1c(-c2ccc(F)cc2)[nH]c2ccccc12. The Morgan fingerprint density at radius 3 is 1.47 bits per heavy atom. The van der Waals surface area contributed by atoms with Crippen molar-refractivity contribution in [3.63, 3.8) is 0 Å². The Kier molecular flexibility index (Phi) is 13.3. The molecular formula is C68H42F3N9O3. The molecule has 0 fully saturated rings. The van der Waals surface area contributed by atoms with Crippen LogP contribution in [0.5, 0.6) is 0 Å². The quantitative estimate of drug-likeness (QED) is 0.0747. The number of aldehydes is 1. The van der Waals surface area contributed by atoms with E-state index < -0.39 is 11.6 Å². The Morgan fingerprint density at radius 1 is 0.398 bits per heavy atom. The maximum absolute atomic E-state index is 13.6. The summed E-state index contributed by atoms with van der Waals surface area (Å²) in [4.78, 5) is 70.9. The number of Topliss-reactive ketones (excluding diaryl/α,β-unsaturated/α-hetero) is 2. The van der Waals surface area contributed by atoms with Crippen molar-refractivity contribution >= 4 is 83.4 Å². The Balaban J connectivity index is 0.000000110. The van der Waals surface area contributed by atoms with Crippen molar-refractivity contribution in [3.05, 3.63) is 259 Å². The summed E-state index contributed by atoms with van der Waals surface area (Å²) in [6.45, 7) is 0. The molecule has 16 rings (SSSR count). The molecular weight excluding hydrogens is 1050 g/mol. The third-order valence-electron chi connectivity index (χ3n) is 14.4. The molecule has 0 amide bonds. The molecule has 0 bridgehead atoms. The van der Waals surface area contributed by atoms with Crippen LogP contribution in [-0.2, 0) is 0 Å². The van der Waals surface area contributed by atoms with Crippen molar-refractivity contribution in [1.29, 1.82) is 0 Å². The maximum atomic E-state index is 13.6. The molecule has 1 aliphatic rings. The van der Waals surface area contributed by atoms with Gasteiger partial charge in [0, 0.05) is 79.5 Å². The zero-order valence-corrected chi connectivity index (χ0v) is 43.5. The van der Waals surface area contributed by atoms with E-state index in [0.29, 0.717) is 28.1 Å². The van der Waals surface area contributed by atoms with Crippen LogP contribution in [0.2, 0.25) is 0 Å². The van der Waals surface area contributed by atoms with Crippen LogP contribution in [-0.4, -0.2) is 62.7 Å². The highest BCUT2D eigenvalue weighted by Gasteiger charge is 2.31. The van der Waals surface area contributed by atoms with Gasteiger partial charge in [-0.05, 0) is 162 Å². The van der Waals surface area contributed by atoms with Gasteiger partial charge in [0.05, 0.1) is 50.1 Å². The molecule has 15 heteroatoms. The van der Waals surface area contributed by atoms with E-state index in [2.05, 4.69) is 58.1 Å². The van der Waals surface area contributed by atoms with E-state index in [1.165, 1.54) is 41.8 Å². The molecule has 0 spiro atoms. The van der Waals surface area contributed by atoms with Gasteiger partial charge in [-0.25, -0.2) is 18.2 Å². The fourth-order valence-electron chi connectivity index (χ4n) is 10.5. The number of rotatable bonds is 5. The number of nitrogens with one attached hydrogen (secondary N) is 4. The maximum Gasteiger partial charge on any atom is 0.235 e. The van der Waals surface area contributed by atoms with Gasteiger partial charge in [0.15, 0.2) is 6.29 Å². The third kappa shape index (κ3) is 9.63. The molecule has 0 saturated carbocycles. The lowest BCUT2D eigenvalue weighted by atomic mass is 9.91. The number of benzene rings is 7. The van der Waals surface area contributed by atoms with Crippen LogP contribution < -0.4 is 0 Å². The van der Waals surface area contributed by atoms with Gasteiger partial charge in [-0.2, -0.15) is 0 Å². The van der Waals surface area contributed by atoms with Crippen molar-refractivity contribution in [1.82, 2.24) is 44.9 Å². The van der Waals surface area contributed by atoms with E-state index in [0.717, 1.165) is 112 Å². The standard InChI is InChI=1S/C27H16FN5.C15H10FNO.C14H10FN.C12H6N2O2/c28-16-11-9-15(10-12-16)22-21(17-5-1-2-8-20(17)31-22)27-32-25-18-6-3-13-29-23(18)24-19(26(25)33-27)7-4-14-30-24;16-11-7-5-10(6-8-11)15-13(9-18)12-3-1-2-4-14(12)17-15;15-12-7-5-10(6-8-12)14-9-11-3-1-2-4-13(11)16-14;15-11-7-3-1-5-13-9(7)10-8(12(11)16)4-2-6-14-10/h1-14,31H,(H,32,33);1-9,17H;1-9,16H;1-6H. The normalized spacial score (nSPS) is 11.7. The first-order valence-corrected chi connectivity index (χ1v) is 26.2. The van der Waals surface area contributed by atoms with Crippen LogP contribution in [0.1, 0.15) is 31.1 Å². The average Bonchev–Trinajstić information content (AvgIpc) is 2.82. The predicted molar refractivity (Wildman–Crippen MR) is 318 cm³/mol. The number of hydrogen-bond donors (Lipinski definition) is 4. The lowest BCUT2D eigenvalue weighted by molar-refractivity contribution is 0.0814. The van der Waals surface area contributed by atoms with Crippen molar-refractivity contribution in [2.75, 3.05) is 0 Å². The number of carbonyl (C=O) groups excluding carboxylic acids is 3. The van der Waals surface area contributed by atoms with E-state index in [9.17, 15) is 27.6 Å². The first kappa shape index (κ1) is 51.0. The molecule has 0 saturated heterocycles. The van der Waals surface area contributed by atoms with Gasteiger partial charge >= 0.3 is 0 Å². The van der Waals surface area contributed by atoms with Gasteiger partial charge in [0.1, 0.15) is 34.7 Å². The van der Waals surface area contributed by atoms with E-state index in [4.69, 9.17) is 4.98 Å². The van der Waals surface area contributed by atoms with E-state index in [-0.39, 0.29) is 17.5 Å². The highest BCUT2D eigenvalue weighted by Crippen LogP contribution is 2.40. The summed E-state index contributed by atoms with van der Waals surface area (Å²) in [5, 5.41) is 5.01. The minimum absolute atomic E-state index is 0.208. The number of carbonyl (C=O) groups is 3. The Labute approximate surface area is 469 Å². The number of halogens is 3. The van der Waals surface area contributed by atoms with Crippen LogP contribution in [0, 0.1) is 17.5 Å². The number of ketones is 2. The number of H-pyrrole nitrogens is 4. The van der Waals surface area contributed by atoms with Crippen LogP contribution in [0.25, 0.3) is 122 Å². The van der Waals surface area contributed by atoms with E-state index in [1.54, 1.807) is 85.5 Å². The van der Waals surface area contributed by atoms with Crippen LogP contribution >= 0.6 is 0 Å². The van der Waals surface area contributed by atoms with Crippen molar-refractivity contribution in [2.45, 2.75) is 0 Å². The van der Waals surface area contributed by atoms with Gasteiger partial charge in [-0.1, -0.05) is 54.6 Å². The topological polar surface area (TPSA) is 179 Å². The summed E-state index contributed by atoms with van der Waals surface area (Å²) in [6.07, 6.45) is 7.56. The smallest absolute Gasteiger partial charge is 0.235 e. The molecule has 15 aromatic rings. The average molecular weight is 1090 g/mol. The molecule has 12 nitrogen and oxygen atoms in total. The predicted octanol–water partition coefficient (Wildman–Crippen LogP) is 15.9. The number of para-hydroxylation sites is 3. The fourth-order valence-corrected chi connectivity index (χ4v) is 10.5. The number of fused-ring (bicyclic) bond motifs is 12. The van der Waals surface area contributed by atoms with Gasteiger partial charge < -0.3 is 19.9 Å². The molecule has 1 aliphatic carbocycles. The van der Waals surface area contributed by atoms with Crippen LogP contribution in [0.15, 0.2) is 225 Å². The third-order valence-corrected chi connectivity index (χ3v) is 14.4. The minimum Gasteiger partial charge on any atom is -0.355 e. The Hall–Kier alpha value is -11.5. The van der Waals surface area contributed by atoms with Gasteiger partial charge in [0.2, 0.25) is 11.6 Å². The van der Waals surface area contributed by atoms with Gasteiger partial charge in [-0.15, -0.1) is 0 Å². The fraction of sp³-hybridized carbons (Fsp3) is 0. The zero-order valence-electron chi connectivity index (χ0n) is 43.5. The number of hydrogen-bond acceptors (Lipinski definition) is 8. The lowest BCUT2D eigenvalue weighted by Crippen LogP contribution is -2.22. The van der Waals surface area contributed by atoms with Crippen LogP contribution in [0.3, 0.4) is 0 Å². The largest absolute Gasteiger partial charge is 0.355 e. The molecule has 7 aromatic carbocycles. The monoisotopic (exact) mass is 1090 g/mol. The molecule has 8 aromatic heterocycles. The van der Waals surface area contributed by atoms with Crippen LogP contribution in [0.4, 0.5) is 13.2 Å².